The van der Waals surface area contributed by atoms with Crippen LogP contribution in [0.3, 0.4) is 0 Å². The number of pyridine rings is 3. The normalized spacial score (nSPS) is 11.2. The minimum atomic E-state index is -4.67. The molecule has 0 radical (unpaired) electrons. The highest BCUT2D eigenvalue weighted by Gasteiger charge is 2.32. The summed E-state index contributed by atoms with van der Waals surface area (Å²) in [5.41, 5.74) is -1.09. The minimum absolute atomic E-state index is 0.00636. The van der Waals surface area contributed by atoms with E-state index in [0.717, 1.165) is 24.5 Å². The standard InChI is InChI=1S/C23H17ClF4N8O3/c1-36-20(33-22(38)39-8-6-12-3-2-7-29-19(12)24)18(34-35-36)15-9-14(25)16(11-30-15)32-21(37)13-4-5-17(31-10-13)23(26,27)28/h2-5,7,9-11H,6,8H2,1H3,(H,32,37)(H,33,38). The maximum Gasteiger partial charge on any atom is 0.433 e. The van der Waals surface area contributed by atoms with Crippen LogP contribution in [-0.2, 0) is 24.4 Å². The van der Waals surface area contributed by atoms with Gasteiger partial charge in [-0.25, -0.2) is 18.9 Å². The number of aryl methyl sites for hydroxylation is 1. The lowest BCUT2D eigenvalue weighted by molar-refractivity contribution is -0.141. The van der Waals surface area contributed by atoms with Gasteiger partial charge in [0.25, 0.3) is 5.91 Å². The number of rotatable bonds is 7. The molecule has 0 aliphatic rings. The molecule has 0 aliphatic heterocycles. The summed E-state index contributed by atoms with van der Waals surface area (Å²) in [5.74, 6) is -1.78. The number of nitrogens with zero attached hydrogens (tertiary/aromatic N) is 6. The summed E-state index contributed by atoms with van der Waals surface area (Å²) in [6, 6.07) is 5.92. The summed E-state index contributed by atoms with van der Waals surface area (Å²) < 4.78 is 59.1. The second-order valence-corrected chi connectivity index (χ2v) is 8.17. The van der Waals surface area contributed by atoms with Crippen molar-refractivity contribution in [1.82, 2.24) is 29.9 Å². The zero-order valence-corrected chi connectivity index (χ0v) is 20.6. The third-order valence-corrected chi connectivity index (χ3v) is 5.49. The highest BCUT2D eigenvalue weighted by molar-refractivity contribution is 6.30. The number of anilines is 2. The molecule has 16 heteroatoms. The predicted octanol–water partition coefficient (Wildman–Crippen LogP) is 4.52. The lowest BCUT2D eigenvalue weighted by Gasteiger charge is -2.10. The van der Waals surface area contributed by atoms with E-state index in [0.29, 0.717) is 23.2 Å². The molecule has 11 nitrogen and oxygen atoms in total. The van der Waals surface area contributed by atoms with Gasteiger partial charge in [-0.3, -0.25) is 20.1 Å². The van der Waals surface area contributed by atoms with Crippen LogP contribution >= 0.6 is 11.6 Å². The Hall–Kier alpha value is -4.66. The van der Waals surface area contributed by atoms with Gasteiger partial charge < -0.3 is 10.1 Å². The van der Waals surface area contributed by atoms with E-state index in [2.05, 4.69) is 35.9 Å². The van der Waals surface area contributed by atoms with Gasteiger partial charge in [0.15, 0.2) is 17.3 Å². The fourth-order valence-electron chi connectivity index (χ4n) is 3.20. The minimum Gasteiger partial charge on any atom is -0.449 e. The van der Waals surface area contributed by atoms with Gasteiger partial charge in [-0.15, -0.1) is 5.10 Å². The molecule has 0 aromatic carbocycles. The van der Waals surface area contributed by atoms with Gasteiger partial charge in [0.05, 0.1) is 29.7 Å². The third kappa shape index (κ3) is 6.62. The second kappa shape index (κ2) is 11.4. The Morgan fingerprint density at radius 1 is 1.10 bits per heavy atom. The number of aromatic nitrogens is 6. The molecule has 0 saturated heterocycles. The van der Waals surface area contributed by atoms with Crippen molar-refractivity contribution in [2.45, 2.75) is 12.6 Å². The molecule has 202 valence electrons. The van der Waals surface area contributed by atoms with Gasteiger partial charge >= 0.3 is 12.3 Å². The fraction of sp³-hybridized carbons (Fsp3) is 0.174. The molecule has 4 heterocycles. The first-order valence-corrected chi connectivity index (χ1v) is 11.3. The summed E-state index contributed by atoms with van der Waals surface area (Å²) in [4.78, 5) is 35.8. The Balaban J connectivity index is 1.42. The quantitative estimate of drug-likeness (QED) is 0.247. The van der Waals surface area contributed by atoms with Crippen molar-refractivity contribution in [2.75, 3.05) is 17.2 Å². The molecule has 4 aromatic heterocycles. The monoisotopic (exact) mass is 564 g/mol. The van der Waals surface area contributed by atoms with Crippen molar-refractivity contribution in [1.29, 1.82) is 0 Å². The summed E-state index contributed by atoms with van der Waals surface area (Å²) in [6.07, 6.45) is -1.95. The van der Waals surface area contributed by atoms with Gasteiger partial charge in [-0.05, 0) is 23.8 Å². The van der Waals surface area contributed by atoms with Crippen LogP contribution in [-0.4, -0.2) is 48.6 Å². The van der Waals surface area contributed by atoms with Crippen LogP contribution in [0.15, 0.2) is 48.9 Å². The number of ether oxygens (including phenoxy) is 1. The first kappa shape index (κ1) is 27.4. The van der Waals surface area contributed by atoms with Gasteiger partial charge in [0.1, 0.15) is 10.8 Å². The number of alkyl halides is 3. The average Bonchev–Trinajstić information content (AvgIpc) is 3.25. The van der Waals surface area contributed by atoms with Crippen molar-refractivity contribution in [3.05, 3.63) is 76.7 Å². The van der Waals surface area contributed by atoms with Crippen molar-refractivity contribution in [2.24, 2.45) is 7.05 Å². The Morgan fingerprint density at radius 3 is 2.56 bits per heavy atom. The van der Waals surface area contributed by atoms with Gasteiger partial charge in [-0.2, -0.15) is 13.2 Å². The number of amides is 2. The highest BCUT2D eigenvalue weighted by atomic mass is 35.5. The summed E-state index contributed by atoms with van der Waals surface area (Å²) in [7, 11) is 1.48. The van der Waals surface area contributed by atoms with Gasteiger partial charge in [0.2, 0.25) is 0 Å². The number of halogens is 5. The van der Waals surface area contributed by atoms with Crippen LogP contribution in [0.2, 0.25) is 5.15 Å². The summed E-state index contributed by atoms with van der Waals surface area (Å²) in [6.45, 7) is -0.00636. The van der Waals surface area contributed by atoms with E-state index in [4.69, 9.17) is 16.3 Å². The van der Waals surface area contributed by atoms with E-state index in [9.17, 15) is 27.2 Å². The maximum absolute atomic E-state index is 14.8. The van der Waals surface area contributed by atoms with E-state index in [1.54, 1.807) is 12.1 Å². The Bertz CT molecular complexity index is 1510. The number of carbonyl (C=O) groups is 2. The van der Waals surface area contributed by atoms with Gasteiger partial charge in [-0.1, -0.05) is 22.9 Å². The molecule has 2 N–H and O–H groups in total. The van der Waals surface area contributed by atoms with Crippen LogP contribution in [0.4, 0.5) is 33.9 Å². The van der Waals surface area contributed by atoms with Crippen LogP contribution in [0.25, 0.3) is 11.4 Å². The zero-order chi connectivity index (χ0) is 28.2. The van der Waals surface area contributed by atoms with E-state index < -0.39 is 29.7 Å². The smallest absolute Gasteiger partial charge is 0.433 e. The third-order valence-electron chi connectivity index (χ3n) is 5.15. The molecule has 0 spiro atoms. The highest BCUT2D eigenvalue weighted by Crippen LogP contribution is 2.28. The lowest BCUT2D eigenvalue weighted by atomic mass is 10.2. The van der Waals surface area contributed by atoms with Crippen LogP contribution in [0.1, 0.15) is 21.6 Å². The molecule has 4 rings (SSSR count). The zero-order valence-electron chi connectivity index (χ0n) is 19.8. The Morgan fingerprint density at radius 2 is 1.90 bits per heavy atom. The largest absolute Gasteiger partial charge is 0.449 e. The van der Waals surface area contributed by atoms with Crippen molar-refractivity contribution in [3.8, 4) is 11.4 Å². The molecule has 0 unspecified atom stereocenters. The molecule has 4 aromatic rings. The van der Waals surface area contributed by atoms with Crippen molar-refractivity contribution < 1.29 is 31.9 Å². The van der Waals surface area contributed by atoms with Crippen molar-refractivity contribution >= 4 is 35.1 Å². The molecule has 0 aliphatic carbocycles. The van der Waals surface area contributed by atoms with Crippen LogP contribution in [0.5, 0.6) is 0 Å². The molecule has 0 atom stereocenters. The molecular weight excluding hydrogens is 548 g/mol. The van der Waals surface area contributed by atoms with E-state index in [1.165, 1.54) is 17.9 Å². The summed E-state index contributed by atoms with van der Waals surface area (Å²) >= 11 is 5.98. The number of carbonyl (C=O) groups excluding carboxylic acids is 2. The molecule has 2 amide bonds. The van der Waals surface area contributed by atoms with Crippen LogP contribution in [0, 0.1) is 5.82 Å². The molecule has 0 saturated carbocycles. The van der Waals surface area contributed by atoms with Crippen molar-refractivity contribution in [3.63, 3.8) is 0 Å². The number of hydrogen-bond donors (Lipinski definition) is 2. The first-order chi connectivity index (χ1) is 18.5. The molecular formula is C23H17ClF4N8O3. The molecule has 0 bridgehead atoms. The summed E-state index contributed by atoms with van der Waals surface area (Å²) in [5, 5.41) is 12.7. The van der Waals surface area contributed by atoms with E-state index in [-0.39, 0.29) is 35.1 Å². The average molecular weight is 565 g/mol. The number of hydrogen-bond acceptors (Lipinski definition) is 8. The predicted molar refractivity (Wildman–Crippen MR) is 129 cm³/mol. The second-order valence-electron chi connectivity index (χ2n) is 7.81. The van der Waals surface area contributed by atoms with Gasteiger partial charge in [0, 0.05) is 31.9 Å². The first-order valence-electron chi connectivity index (χ1n) is 11.0. The molecule has 0 fully saturated rings. The molecule has 39 heavy (non-hydrogen) atoms. The maximum atomic E-state index is 14.8. The Labute approximate surface area is 222 Å². The van der Waals surface area contributed by atoms with E-state index >= 15 is 0 Å². The van der Waals surface area contributed by atoms with Crippen LogP contribution < -0.4 is 10.6 Å². The SMILES string of the molecule is Cn1nnc(-c2cc(F)c(NC(=O)c3ccc(C(F)(F)F)nc3)cn2)c1NC(=O)OCCc1cccnc1Cl. The fourth-order valence-corrected chi connectivity index (χ4v) is 3.42. The Kier molecular flexibility index (Phi) is 7.99. The van der Waals surface area contributed by atoms with E-state index in [1.807, 2.05) is 0 Å². The number of nitrogens with one attached hydrogen (secondary N) is 2. The lowest BCUT2D eigenvalue weighted by Crippen LogP contribution is -2.18. The topological polar surface area (TPSA) is 137 Å².